The van der Waals surface area contributed by atoms with E-state index in [0.717, 1.165) is 30.5 Å². The Kier molecular flexibility index (Phi) is 7.50. The summed E-state index contributed by atoms with van der Waals surface area (Å²) < 4.78 is 1.33. The maximum absolute atomic E-state index is 4.81. The second-order valence-corrected chi connectivity index (χ2v) is 6.84. The molecule has 1 aromatic heterocycles. The van der Waals surface area contributed by atoms with Gasteiger partial charge in [0, 0.05) is 0 Å². The van der Waals surface area contributed by atoms with E-state index >= 15 is 0 Å². The molecule has 0 unspecified atom stereocenters. The molecule has 1 heterocycles. The first-order chi connectivity index (χ1) is 11.8. The second kappa shape index (κ2) is 9.40. The van der Waals surface area contributed by atoms with Crippen LogP contribution in [0.1, 0.15) is 17.7 Å². The molecular formula is C22H18Cl2CrN. The van der Waals surface area contributed by atoms with E-state index in [9.17, 15) is 0 Å². The summed E-state index contributed by atoms with van der Waals surface area (Å²) in [6.45, 7) is 0. The third kappa shape index (κ3) is 4.58. The van der Waals surface area contributed by atoms with Crippen molar-refractivity contribution >= 4 is 10.9 Å². The Labute approximate surface area is 175 Å². The first-order valence-corrected chi connectivity index (χ1v) is 8.90. The Balaban J connectivity index is 0.00000121. The van der Waals surface area contributed by atoms with Crippen molar-refractivity contribution in [2.24, 2.45) is 0 Å². The van der Waals surface area contributed by atoms with E-state index in [-0.39, 0.29) is 24.8 Å². The summed E-state index contributed by atoms with van der Waals surface area (Å²) in [6.07, 6.45) is 5.30. The topological polar surface area (TPSA) is 12.9 Å². The summed E-state index contributed by atoms with van der Waals surface area (Å²) in [5, 5.41) is 1.20. The molecule has 3 aromatic rings. The Hall–Kier alpha value is -1.56. The van der Waals surface area contributed by atoms with Crippen LogP contribution in [0.15, 0.2) is 88.4 Å². The molecular weight excluding hydrogens is 401 g/mol. The minimum atomic E-state index is 0. The van der Waals surface area contributed by atoms with Gasteiger partial charge in [0.2, 0.25) is 0 Å². The number of hydrogen-bond acceptors (Lipinski definition) is 1. The van der Waals surface area contributed by atoms with Crippen molar-refractivity contribution in [3.05, 3.63) is 99.6 Å². The van der Waals surface area contributed by atoms with Crippen molar-refractivity contribution in [3.8, 4) is 0 Å². The number of halogens is 2. The van der Waals surface area contributed by atoms with Crippen LogP contribution in [0.3, 0.4) is 0 Å². The number of aromatic nitrogens is 1. The number of nitrogens with zero attached hydrogens (tertiary/aromatic N) is 1. The molecule has 1 nitrogen and oxygen atoms in total. The molecule has 0 saturated heterocycles. The predicted molar refractivity (Wildman–Crippen MR) is 95.3 cm³/mol. The maximum atomic E-state index is 4.81. The van der Waals surface area contributed by atoms with Crippen LogP contribution in [0.2, 0.25) is 0 Å². The van der Waals surface area contributed by atoms with Gasteiger partial charge in [0.1, 0.15) is 0 Å². The van der Waals surface area contributed by atoms with Crippen molar-refractivity contribution < 1.29 is 41.1 Å². The quantitative estimate of drug-likeness (QED) is 0.538. The van der Waals surface area contributed by atoms with E-state index in [0.29, 0.717) is 0 Å². The predicted octanol–water partition coefficient (Wildman–Crippen LogP) is -0.841. The van der Waals surface area contributed by atoms with Crippen LogP contribution in [0.5, 0.6) is 0 Å². The van der Waals surface area contributed by atoms with Gasteiger partial charge in [-0.3, -0.25) is 0 Å². The van der Waals surface area contributed by atoms with Gasteiger partial charge in [-0.25, -0.2) is 0 Å². The summed E-state index contributed by atoms with van der Waals surface area (Å²) in [5.41, 5.74) is 6.45. The van der Waals surface area contributed by atoms with Gasteiger partial charge >= 0.3 is 151 Å². The van der Waals surface area contributed by atoms with Crippen LogP contribution in [0.4, 0.5) is 0 Å². The molecule has 0 N–H and O–H groups in total. The average Bonchev–Trinajstić information content (AvgIpc) is 2.96. The molecule has 0 spiro atoms. The van der Waals surface area contributed by atoms with Crippen LogP contribution in [0, 0.1) is 0 Å². The Morgan fingerprint density at radius 1 is 0.808 bits per heavy atom. The molecule has 0 amide bonds. The van der Waals surface area contributed by atoms with Gasteiger partial charge < -0.3 is 24.8 Å². The number of fused-ring (bicyclic) bond motifs is 1. The third-order valence-corrected chi connectivity index (χ3v) is 5.36. The number of allylic oxidation sites excluding steroid dienone is 4. The first-order valence-electron chi connectivity index (χ1n) is 8.26. The molecule has 0 fully saturated rings. The van der Waals surface area contributed by atoms with Gasteiger partial charge in [0.05, 0.1) is 0 Å². The number of hydrogen-bond donors (Lipinski definition) is 0. The number of para-hydroxylation sites is 1. The van der Waals surface area contributed by atoms with Crippen LogP contribution in [0.25, 0.3) is 10.9 Å². The molecule has 0 aliphatic heterocycles. The van der Waals surface area contributed by atoms with Gasteiger partial charge in [-0.15, -0.1) is 0 Å². The summed E-state index contributed by atoms with van der Waals surface area (Å²) in [7, 11) is 0. The number of benzene rings is 2. The molecule has 1 aliphatic carbocycles. The Bertz CT molecular complexity index is 949. The average molecular weight is 419 g/mol. The SMILES string of the molecule is [Cl-].[Cl-].[Cr+2][C]1=C(Cc2ccc3ccccc3n2)CC=C1Cc1ccccc1. The molecule has 0 radical (unpaired) electrons. The minimum absolute atomic E-state index is 0. The number of rotatable bonds is 4. The van der Waals surface area contributed by atoms with Gasteiger partial charge in [0.15, 0.2) is 0 Å². The summed E-state index contributed by atoms with van der Waals surface area (Å²) in [6, 6.07) is 23.3. The van der Waals surface area contributed by atoms with Gasteiger partial charge in [-0.2, -0.15) is 0 Å². The van der Waals surface area contributed by atoms with Crippen LogP contribution in [-0.2, 0) is 29.1 Å². The van der Waals surface area contributed by atoms with Gasteiger partial charge in [-0.1, -0.05) is 0 Å². The first kappa shape index (κ1) is 20.8. The third-order valence-electron chi connectivity index (χ3n) is 4.50. The molecule has 131 valence electrons. The van der Waals surface area contributed by atoms with Crippen molar-refractivity contribution in [2.45, 2.75) is 19.3 Å². The zero-order valence-electron chi connectivity index (χ0n) is 14.2. The van der Waals surface area contributed by atoms with Crippen LogP contribution >= 0.6 is 0 Å². The molecule has 4 rings (SSSR count). The van der Waals surface area contributed by atoms with E-state index < -0.39 is 0 Å². The van der Waals surface area contributed by atoms with Gasteiger partial charge in [0.25, 0.3) is 0 Å². The van der Waals surface area contributed by atoms with Crippen molar-refractivity contribution in [1.29, 1.82) is 0 Å². The Morgan fingerprint density at radius 2 is 1.54 bits per heavy atom. The van der Waals surface area contributed by atoms with E-state index in [1.165, 1.54) is 26.5 Å². The summed E-state index contributed by atoms with van der Waals surface area (Å²) >= 11 is 3.30. The molecule has 1 aliphatic rings. The van der Waals surface area contributed by atoms with E-state index in [2.05, 4.69) is 83.0 Å². The fourth-order valence-corrected chi connectivity index (χ4v) is 3.69. The molecule has 26 heavy (non-hydrogen) atoms. The fraction of sp³-hybridized carbons (Fsp3) is 0.136. The van der Waals surface area contributed by atoms with Crippen LogP contribution < -0.4 is 24.8 Å². The molecule has 0 atom stereocenters. The number of pyridine rings is 1. The van der Waals surface area contributed by atoms with Gasteiger partial charge in [-0.05, 0) is 0 Å². The molecule has 2 aromatic carbocycles. The summed E-state index contributed by atoms with van der Waals surface area (Å²) in [5.74, 6) is 0. The van der Waals surface area contributed by atoms with Crippen LogP contribution in [-0.4, -0.2) is 4.98 Å². The molecule has 0 saturated carbocycles. The molecule has 4 heteroatoms. The zero-order valence-corrected chi connectivity index (χ0v) is 16.9. The van der Waals surface area contributed by atoms with E-state index in [4.69, 9.17) is 4.98 Å². The van der Waals surface area contributed by atoms with E-state index in [1.54, 1.807) is 0 Å². The van der Waals surface area contributed by atoms with Crippen molar-refractivity contribution in [2.75, 3.05) is 0 Å². The second-order valence-electron chi connectivity index (χ2n) is 6.20. The summed E-state index contributed by atoms with van der Waals surface area (Å²) in [4.78, 5) is 4.81. The fourth-order valence-electron chi connectivity index (χ4n) is 3.20. The monoisotopic (exact) mass is 418 g/mol. The zero-order chi connectivity index (χ0) is 16.4. The standard InChI is InChI=1S/C22H18N.2ClH.Cr/c1-2-6-17(7-3-1)14-18-10-11-19(15-18)16-21-13-12-20-8-4-5-9-22(20)23-21;;;/h1-10,12-13H,11,14,16H2;2*1H;/q;;;+2/p-2. The van der Waals surface area contributed by atoms with Crippen molar-refractivity contribution in [3.63, 3.8) is 0 Å². The van der Waals surface area contributed by atoms with E-state index in [1.807, 2.05) is 6.07 Å². The Morgan fingerprint density at radius 3 is 2.35 bits per heavy atom. The normalized spacial score (nSPS) is 13.1. The molecule has 0 bridgehead atoms. The van der Waals surface area contributed by atoms with Crippen molar-refractivity contribution in [1.82, 2.24) is 4.98 Å².